The van der Waals surface area contributed by atoms with Gasteiger partial charge in [-0.15, -0.1) is 0 Å². The number of furan rings is 1. The van der Waals surface area contributed by atoms with E-state index in [1.807, 2.05) is 0 Å². The highest BCUT2D eigenvalue weighted by atomic mass is 19.3. The van der Waals surface area contributed by atoms with Gasteiger partial charge in [0.05, 0.1) is 17.3 Å². The number of nitrogens with one attached hydrogen (secondary N) is 2. The summed E-state index contributed by atoms with van der Waals surface area (Å²) >= 11 is 0. The molecule has 0 saturated heterocycles. The number of aromatic nitrogens is 2. The number of aliphatic hydroxyl groups is 1. The van der Waals surface area contributed by atoms with Crippen molar-refractivity contribution in [3.05, 3.63) is 36.6 Å². The molecule has 3 N–H and O–H groups in total. The lowest BCUT2D eigenvalue weighted by Gasteiger charge is -2.23. The predicted octanol–water partition coefficient (Wildman–Crippen LogP) is 3.25. The van der Waals surface area contributed by atoms with E-state index in [0.29, 0.717) is 17.3 Å². The van der Waals surface area contributed by atoms with Crippen LogP contribution in [0.3, 0.4) is 0 Å². The fraction of sp³-hybridized carbons (Fsp3) is 0.267. The van der Waals surface area contributed by atoms with Gasteiger partial charge in [-0.2, -0.15) is 0 Å². The van der Waals surface area contributed by atoms with Gasteiger partial charge in [0.2, 0.25) is 0 Å². The van der Waals surface area contributed by atoms with Crippen molar-refractivity contribution in [2.75, 3.05) is 11.9 Å². The molecule has 7 heteroatoms. The largest absolute Gasteiger partial charge is 0.461 e. The van der Waals surface area contributed by atoms with E-state index in [-0.39, 0.29) is 6.54 Å². The number of nitrogens with zero attached hydrogens (tertiary/aromatic N) is 1. The molecule has 0 radical (unpaired) electrons. The van der Waals surface area contributed by atoms with E-state index in [1.165, 1.54) is 0 Å². The molecule has 3 aromatic rings. The Kier molecular flexibility index (Phi) is 3.58. The first-order valence-corrected chi connectivity index (χ1v) is 6.74. The smallest absolute Gasteiger partial charge is 0.268 e. The molecule has 0 amide bonds. The number of H-pyrrole nitrogens is 1. The number of hydrogen-bond donors (Lipinski definition) is 3. The molecule has 2 aromatic heterocycles. The summed E-state index contributed by atoms with van der Waals surface area (Å²) in [5.41, 5.74) is 0.0103. The van der Waals surface area contributed by atoms with Crippen LogP contribution in [0, 0.1) is 0 Å². The van der Waals surface area contributed by atoms with Crippen LogP contribution in [0.4, 0.5) is 14.5 Å². The summed E-state index contributed by atoms with van der Waals surface area (Å²) in [5.74, 6) is 1.21. The van der Waals surface area contributed by atoms with E-state index in [4.69, 9.17) is 4.42 Å². The van der Waals surface area contributed by atoms with Gasteiger partial charge in [0.25, 0.3) is 6.43 Å². The molecule has 1 aromatic carbocycles. The zero-order valence-corrected chi connectivity index (χ0v) is 11.8. The second kappa shape index (κ2) is 5.42. The van der Waals surface area contributed by atoms with Gasteiger partial charge in [-0.25, -0.2) is 13.8 Å². The van der Waals surface area contributed by atoms with Crippen LogP contribution in [0.15, 0.2) is 41.0 Å². The van der Waals surface area contributed by atoms with E-state index in [2.05, 4.69) is 15.3 Å². The summed E-state index contributed by atoms with van der Waals surface area (Å²) in [4.78, 5) is 7.49. The van der Waals surface area contributed by atoms with E-state index >= 15 is 0 Å². The maximum absolute atomic E-state index is 12.6. The van der Waals surface area contributed by atoms with Crippen LogP contribution in [0.5, 0.6) is 0 Å². The predicted molar refractivity (Wildman–Crippen MR) is 78.9 cm³/mol. The second-order valence-electron chi connectivity index (χ2n) is 5.31. The molecule has 0 saturated carbocycles. The first-order chi connectivity index (χ1) is 10.5. The van der Waals surface area contributed by atoms with Crippen molar-refractivity contribution in [3.8, 4) is 11.6 Å². The number of hydrogen-bond acceptors (Lipinski definition) is 4. The topological polar surface area (TPSA) is 74.1 Å². The normalized spacial score (nSPS) is 14.4. The van der Waals surface area contributed by atoms with Crippen molar-refractivity contribution in [2.45, 2.75) is 19.0 Å². The summed E-state index contributed by atoms with van der Waals surface area (Å²) in [6, 6.07) is 8.78. The zero-order valence-electron chi connectivity index (χ0n) is 11.8. The number of halogens is 2. The summed E-state index contributed by atoms with van der Waals surface area (Å²) < 4.78 is 30.5. The Morgan fingerprint density at radius 1 is 1.41 bits per heavy atom. The average molecular weight is 307 g/mol. The van der Waals surface area contributed by atoms with Gasteiger partial charge in [-0.1, -0.05) is 0 Å². The molecular weight excluding hydrogens is 292 g/mol. The minimum Gasteiger partial charge on any atom is -0.461 e. The summed E-state index contributed by atoms with van der Waals surface area (Å²) in [5, 5.41) is 12.4. The third-order valence-electron chi connectivity index (χ3n) is 3.36. The highest BCUT2D eigenvalue weighted by Crippen LogP contribution is 2.24. The van der Waals surface area contributed by atoms with Gasteiger partial charge in [-0.3, -0.25) is 0 Å². The standard InChI is InChI=1S/C15H15F2N3O2/c1-15(21,14(16)17)8-18-9-4-5-10-11(7-9)20-13(19-10)12-3-2-6-22-12/h2-7,14,18,21H,8H2,1H3,(H,19,20). The van der Waals surface area contributed by atoms with Gasteiger partial charge >= 0.3 is 0 Å². The van der Waals surface area contributed by atoms with Gasteiger partial charge in [0.1, 0.15) is 5.60 Å². The molecule has 0 aliphatic heterocycles. The highest BCUT2D eigenvalue weighted by Gasteiger charge is 2.31. The number of imidazole rings is 1. The quantitative estimate of drug-likeness (QED) is 0.676. The molecule has 22 heavy (non-hydrogen) atoms. The Balaban J connectivity index is 1.81. The van der Waals surface area contributed by atoms with E-state index < -0.39 is 12.0 Å². The molecule has 5 nitrogen and oxygen atoms in total. The third-order valence-corrected chi connectivity index (χ3v) is 3.36. The SMILES string of the molecule is CC(O)(CNc1ccc2nc(-c3ccco3)[nH]c2c1)C(F)F. The molecule has 1 unspecified atom stereocenters. The lowest BCUT2D eigenvalue weighted by molar-refractivity contribution is -0.0732. The lowest BCUT2D eigenvalue weighted by atomic mass is 10.1. The minimum atomic E-state index is -2.82. The monoisotopic (exact) mass is 307 g/mol. The number of fused-ring (bicyclic) bond motifs is 1. The van der Waals surface area contributed by atoms with Gasteiger partial charge < -0.3 is 19.8 Å². The number of benzene rings is 1. The number of rotatable bonds is 5. The number of alkyl halides is 2. The molecule has 0 bridgehead atoms. The Labute approximate surface area is 125 Å². The van der Waals surface area contributed by atoms with Crippen molar-refractivity contribution in [2.24, 2.45) is 0 Å². The van der Waals surface area contributed by atoms with Crippen LogP contribution < -0.4 is 5.32 Å². The third kappa shape index (κ3) is 2.80. The first-order valence-electron chi connectivity index (χ1n) is 6.74. The van der Waals surface area contributed by atoms with Crippen molar-refractivity contribution in [1.82, 2.24) is 9.97 Å². The maximum atomic E-state index is 12.6. The van der Waals surface area contributed by atoms with Crippen LogP contribution in [0.25, 0.3) is 22.6 Å². The summed E-state index contributed by atoms with van der Waals surface area (Å²) in [6.07, 6.45) is -1.26. The first kappa shape index (κ1) is 14.5. The van der Waals surface area contributed by atoms with Crippen LogP contribution >= 0.6 is 0 Å². The van der Waals surface area contributed by atoms with E-state index in [0.717, 1.165) is 18.0 Å². The molecule has 1 atom stereocenters. The fourth-order valence-corrected chi connectivity index (χ4v) is 2.01. The molecule has 3 rings (SSSR count). The van der Waals surface area contributed by atoms with Crippen LogP contribution in [-0.2, 0) is 0 Å². The Morgan fingerprint density at radius 2 is 2.23 bits per heavy atom. The minimum absolute atomic E-state index is 0.255. The Hall–Kier alpha value is -2.41. The maximum Gasteiger partial charge on any atom is 0.268 e. The fourth-order valence-electron chi connectivity index (χ4n) is 2.01. The summed E-state index contributed by atoms with van der Waals surface area (Å²) in [7, 11) is 0. The summed E-state index contributed by atoms with van der Waals surface area (Å²) in [6.45, 7) is 0.837. The Morgan fingerprint density at radius 3 is 2.91 bits per heavy atom. The van der Waals surface area contributed by atoms with Crippen molar-refractivity contribution >= 4 is 16.7 Å². The lowest BCUT2D eigenvalue weighted by Crippen LogP contribution is -2.40. The average Bonchev–Trinajstić information content (AvgIpc) is 3.13. The van der Waals surface area contributed by atoms with Gasteiger partial charge in [0, 0.05) is 12.2 Å². The van der Waals surface area contributed by atoms with E-state index in [1.54, 1.807) is 36.6 Å². The van der Waals surface area contributed by atoms with Crippen molar-refractivity contribution in [1.29, 1.82) is 0 Å². The van der Waals surface area contributed by atoms with Crippen LogP contribution in [-0.4, -0.2) is 33.6 Å². The number of anilines is 1. The molecule has 2 heterocycles. The van der Waals surface area contributed by atoms with Gasteiger partial charge in [0.15, 0.2) is 11.6 Å². The molecule has 116 valence electrons. The number of aromatic amines is 1. The molecule has 0 aliphatic carbocycles. The zero-order chi connectivity index (χ0) is 15.7. The van der Waals surface area contributed by atoms with Crippen molar-refractivity contribution < 1.29 is 18.3 Å². The van der Waals surface area contributed by atoms with Crippen LogP contribution in [0.2, 0.25) is 0 Å². The van der Waals surface area contributed by atoms with E-state index in [9.17, 15) is 13.9 Å². The Bertz CT molecular complexity index is 766. The molecule has 0 spiro atoms. The van der Waals surface area contributed by atoms with Gasteiger partial charge in [-0.05, 0) is 37.3 Å². The van der Waals surface area contributed by atoms with Crippen molar-refractivity contribution in [3.63, 3.8) is 0 Å². The molecular formula is C15H15F2N3O2. The highest BCUT2D eigenvalue weighted by molar-refractivity contribution is 5.82. The molecule has 0 aliphatic rings. The second-order valence-corrected chi connectivity index (χ2v) is 5.31. The molecule has 0 fully saturated rings. The van der Waals surface area contributed by atoms with Crippen LogP contribution in [0.1, 0.15) is 6.92 Å².